The fraction of sp³-hybridized carbons (Fsp3) is 0.263. The highest BCUT2D eigenvalue weighted by atomic mass is 35.5. The summed E-state index contributed by atoms with van der Waals surface area (Å²) in [7, 11) is 0. The third-order valence-corrected chi connectivity index (χ3v) is 4.71. The van der Waals surface area contributed by atoms with Crippen LogP contribution in [0.1, 0.15) is 17.5 Å². The molecule has 0 spiro atoms. The Balaban J connectivity index is 1.74. The summed E-state index contributed by atoms with van der Waals surface area (Å²) in [5.41, 5.74) is 3.55. The normalized spacial score (nSPS) is 17.0. The first-order valence-corrected chi connectivity index (χ1v) is 8.73. The molecular weight excluding hydrogens is 359 g/mol. The Morgan fingerprint density at radius 1 is 1.12 bits per heavy atom. The summed E-state index contributed by atoms with van der Waals surface area (Å²) >= 11 is 11.9. The summed E-state index contributed by atoms with van der Waals surface area (Å²) in [4.78, 5) is 26.6. The largest absolute Gasteiger partial charge is 0.326 e. The molecule has 2 amide bonds. The van der Waals surface area contributed by atoms with E-state index in [1.807, 2.05) is 32.0 Å². The monoisotopic (exact) mass is 376 g/mol. The number of nitrogens with one attached hydrogen (secondary N) is 1. The predicted molar refractivity (Wildman–Crippen MR) is 101 cm³/mol. The van der Waals surface area contributed by atoms with Gasteiger partial charge in [-0.1, -0.05) is 40.9 Å². The van der Waals surface area contributed by atoms with E-state index >= 15 is 0 Å². The number of hydrogen-bond acceptors (Lipinski definition) is 2. The molecule has 4 nitrogen and oxygen atoms in total. The fourth-order valence-electron chi connectivity index (χ4n) is 3.09. The Kier molecular flexibility index (Phi) is 5.02. The maximum absolute atomic E-state index is 12.5. The van der Waals surface area contributed by atoms with Gasteiger partial charge in [-0.15, -0.1) is 0 Å². The molecule has 1 atom stereocenters. The van der Waals surface area contributed by atoms with E-state index in [1.54, 1.807) is 23.1 Å². The van der Waals surface area contributed by atoms with Crippen molar-refractivity contribution >= 4 is 46.4 Å². The van der Waals surface area contributed by atoms with Gasteiger partial charge in [0.1, 0.15) is 0 Å². The van der Waals surface area contributed by atoms with E-state index in [0.717, 1.165) is 16.8 Å². The van der Waals surface area contributed by atoms with Gasteiger partial charge in [-0.2, -0.15) is 0 Å². The van der Waals surface area contributed by atoms with E-state index < -0.39 is 5.92 Å². The van der Waals surface area contributed by atoms with Crippen LogP contribution in [0.15, 0.2) is 36.4 Å². The van der Waals surface area contributed by atoms with E-state index in [-0.39, 0.29) is 18.2 Å². The van der Waals surface area contributed by atoms with Gasteiger partial charge in [-0.05, 0) is 43.7 Å². The zero-order chi connectivity index (χ0) is 18.1. The average Bonchev–Trinajstić information content (AvgIpc) is 2.88. The number of halogens is 2. The zero-order valence-electron chi connectivity index (χ0n) is 14.0. The number of carbonyl (C=O) groups excluding carboxylic acids is 2. The Morgan fingerprint density at radius 3 is 2.44 bits per heavy atom. The van der Waals surface area contributed by atoms with E-state index in [0.29, 0.717) is 22.3 Å². The van der Waals surface area contributed by atoms with Crippen LogP contribution < -0.4 is 10.2 Å². The molecule has 0 aliphatic carbocycles. The van der Waals surface area contributed by atoms with Gasteiger partial charge < -0.3 is 10.2 Å². The van der Waals surface area contributed by atoms with Crippen LogP contribution in [-0.4, -0.2) is 18.4 Å². The summed E-state index contributed by atoms with van der Waals surface area (Å²) in [6.07, 6.45) is 0.188. The van der Waals surface area contributed by atoms with E-state index in [1.165, 1.54) is 0 Å². The molecule has 1 heterocycles. The van der Waals surface area contributed by atoms with Crippen LogP contribution in [0, 0.1) is 19.8 Å². The molecule has 1 aliphatic rings. The molecule has 2 aromatic rings. The summed E-state index contributed by atoms with van der Waals surface area (Å²) in [6.45, 7) is 4.34. The highest BCUT2D eigenvalue weighted by Gasteiger charge is 2.35. The zero-order valence-corrected chi connectivity index (χ0v) is 15.5. The first kappa shape index (κ1) is 17.8. The predicted octanol–water partition coefficient (Wildman–Crippen LogP) is 4.60. The number of benzene rings is 2. The molecule has 1 fully saturated rings. The molecule has 1 unspecified atom stereocenters. The third-order valence-electron chi connectivity index (χ3n) is 4.27. The number of hydrogen-bond donors (Lipinski definition) is 1. The summed E-state index contributed by atoms with van der Waals surface area (Å²) in [5.74, 6) is -0.666. The van der Waals surface area contributed by atoms with Crippen molar-refractivity contribution in [2.75, 3.05) is 16.8 Å². The van der Waals surface area contributed by atoms with Crippen LogP contribution in [0.4, 0.5) is 11.4 Å². The molecule has 1 aliphatic heterocycles. The second-order valence-electron chi connectivity index (χ2n) is 6.34. The van der Waals surface area contributed by atoms with Crippen LogP contribution in [0.25, 0.3) is 0 Å². The van der Waals surface area contributed by atoms with Gasteiger partial charge in [0.15, 0.2) is 0 Å². The molecule has 0 saturated carbocycles. The van der Waals surface area contributed by atoms with Gasteiger partial charge in [0, 0.05) is 34.4 Å². The van der Waals surface area contributed by atoms with Crippen molar-refractivity contribution in [3.8, 4) is 0 Å². The maximum Gasteiger partial charge on any atom is 0.229 e. The minimum Gasteiger partial charge on any atom is -0.326 e. The smallest absolute Gasteiger partial charge is 0.229 e. The molecule has 0 aromatic heterocycles. The number of amides is 2. The summed E-state index contributed by atoms with van der Waals surface area (Å²) in [5, 5.41) is 3.69. The van der Waals surface area contributed by atoms with Crippen LogP contribution in [0.5, 0.6) is 0 Å². The second kappa shape index (κ2) is 7.06. The highest BCUT2D eigenvalue weighted by Crippen LogP contribution is 2.30. The molecule has 0 radical (unpaired) electrons. The van der Waals surface area contributed by atoms with Crippen molar-refractivity contribution in [2.24, 2.45) is 5.92 Å². The molecule has 130 valence electrons. The van der Waals surface area contributed by atoms with Gasteiger partial charge in [0.2, 0.25) is 11.8 Å². The average molecular weight is 377 g/mol. The number of anilines is 2. The Bertz CT molecular complexity index is 831. The topological polar surface area (TPSA) is 49.4 Å². The van der Waals surface area contributed by atoms with E-state index in [9.17, 15) is 9.59 Å². The standard InChI is InChI=1S/C19H18Cl2N2O2/c1-11-3-4-17(12(2)5-11)23-10-13(6-18(23)24)19(25)22-16-8-14(20)7-15(21)9-16/h3-5,7-9,13H,6,10H2,1-2H3,(H,22,25). The maximum atomic E-state index is 12.5. The lowest BCUT2D eigenvalue weighted by Crippen LogP contribution is -2.28. The Labute approximate surface area is 156 Å². The third kappa shape index (κ3) is 3.97. The molecule has 3 rings (SSSR count). The van der Waals surface area contributed by atoms with Crippen molar-refractivity contribution in [3.63, 3.8) is 0 Å². The van der Waals surface area contributed by atoms with Crippen molar-refractivity contribution in [1.29, 1.82) is 0 Å². The first-order valence-electron chi connectivity index (χ1n) is 7.98. The Hall–Kier alpha value is -2.04. The van der Waals surface area contributed by atoms with Crippen molar-refractivity contribution in [3.05, 3.63) is 57.6 Å². The quantitative estimate of drug-likeness (QED) is 0.850. The van der Waals surface area contributed by atoms with E-state index in [2.05, 4.69) is 5.32 Å². The minimum atomic E-state index is -0.411. The van der Waals surface area contributed by atoms with Gasteiger partial charge in [-0.3, -0.25) is 9.59 Å². The second-order valence-corrected chi connectivity index (χ2v) is 7.22. The van der Waals surface area contributed by atoms with E-state index in [4.69, 9.17) is 23.2 Å². The van der Waals surface area contributed by atoms with Crippen molar-refractivity contribution in [1.82, 2.24) is 0 Å². The number of rotatable bonds is 3. The fourth-order valence-corrected chi connectivity index (χ4v) is 3.62. The van der Waals surface area contributed by atoms with Crippen LogP contribution >= 0.6 is 23.2 Å². The molecule has 2 aromatic carbocycles. The molecule has 25 heavy (non-hydrogen) atoms. The number of carbonyl (C=O) groups is 2. The molecular formula is C19H18Cl2N2O2. The summed E-state index contributed by atoms with van der Waals surface area (Å²) in [6, 6.07) is 10.8. The van der Waals surface area contributed by atoms with Gasteiger partial charge in [-0.25, -0.2) is 0 Å². The molecule has 1 saturated heterocycles. The lowest BCUT2D eigenvalue weighted by atomic mass is 10.1. The number of aryl methyl sites for hydroxylation is 2. The number of nitrogens with zero attached hydrogens (tertiary/aromatic N) is 1. The molecule has 0 bridgehead atoms. The first-order chi connectivity index (χ1) is 11.8. The lowest BCUT2D eigenvalue weighted by molar-refractivity contribution is -0.122. The van der Waals surface area contributed by atoms with Crippen LogP contribution in [0.3, 0.4) is 0 Å². The lowest BCUT2D eigenvalue weighted by Gasteiger charge is -2.19. The highest BCUT2D eigenvalue weighted by molar-refractivity contribution is 6.35. The SMILES string of the molecule is Cc1ccc(N2CC(C(=O)Nc3cc(Cl)cc(Cl)c3)CC2=O)c(C)c1. The molecule has 1 N–H and O–H groups in total. The van der Waals surface area contributed by atoms with Crippen molar-refractivity contribution in [2.45, 2.75) is 20.3 Å². The van der Waals surface area contributed by atoms with Crippen molar-refractivity contribution < 1.29 is 9.59 Å². The van der Waals surface area contributed by atoms with Crippen LogP contribution in [0.2, 0.25) is 10.0 Å². The van der Waals surface area contributed by atoms with Gasteiger partial charge >= 0.3 is 0 Å². The molecule has 6 heteroatoms. The Morgan fingerprint density at radius 2 is 1.80 bits per heavy atom. The summed E-state index contributed by atoms with van der Waals surface area (Å²) < 4.78 is 0. The van der Waals surface area contributed by atoms with Crippen LogP contribution in [-0.2, 0) is 9.59 Å². The van der Waals surface area contributed by atoms with Gasteiger partial charge in [0.25, 0.3) is 0 Å². The minimum absolute atomic E-state index is 0.0452. The van der Waals surface area contributed by atoms with Gasteiger partial charge in [0.05, 0.1) is 5.92 Å².